The molecule has 1 fully saturated rings. The Morgan fingerprint density at radius 3 is 2.54 bits per heavy atom. The monoisotopic (exact) mass is 379 g/mol. The van der Waals surface area contributed by atoms with Gasteiger partial charge in [0.25, 0.3) is 0 Å². The van der Waals surface area contributed by atoms with E-state index in [2.05, 4.69) is 10.3 Å². The summed E-state index contributed by atoms with van der Waals surface area (Å²) in [6.45, 7) is 0.296. The predicted molar refractivity (Wildman–Crippen MR) is 107 cm³/mol. The van der Waals surface area contributed by atoms with E-state index in [1.54, 1.807) is 24.1 Å². The number of hydrogen-bond donors (Lipinski definition) is 2. The molecule has 1 aliphatic carbocycles. The zero-order valence-corrected chi connectivity index (χ0v) is 15.7. The first-order valence-corrected chi connectivity index (χ1v) is 9.39. The van der Waals surface area contributed by atoms with Crippen molar-refractivity contribution in [1.29, 1.82) is 0 Å². The highest BCUT2D eigenvalue weighted by molar-refractivity contribution is 6.14. The van der Waals surface area contributed by atoms with E-state index in [-0.39, 0.29) is 30.6 Å². The van der Waals surface area contributed by atoms with Crippen LogP contribution in [0.15, 0.2) is 48.5 Å². The van der Waals surface area contributed by atoms with Crippen molar-refractivity contribution in [1.82, 2.24) is 15.2 Å². The number of Topliss-reactive ketones (excluding diaryl/α,β-unsaturated/α-hetero) is 1. The summed E-state index contributed by atoms with van der Waals surface area (Å²) in [5.74, 6) is -0.469. The first-order valence-electron chi connectivity index (χ1n) is 9.39. The summed E-state index contributed by atoms with van der Waals surface area (Å²) in [4.78, 5) is 30.1. The number of carbonyl (C=O) groups excluding carboxylic acids is 2. The van der Waals surface area contributed by atoms with E-state index < -0.39 is 0 Å². The van der Waals surface area contributed by atoms with Crippen LogP contribution in [0.4, 0.5) is 4.39 Å². The topological polar surface area (TPSA) is 65.2 Å². The van der Waals surface area contributed by atoms with Crippen molar-refractivity contribution in [3.8, 4) is 11.3 Å². The summed E-state index contributed by atoms with van der Waals surface area (Å²) in [5.41, 5.74) is 2.83. The molecule has 4 rings (SSSR count). The first kappa shape index (κ1) is 18.4. The second kappa shape index (κ2) is 7.56. The van der Waals surface area contributed by atoms with Crippen molar-refractivity contribution in [3.05, 3.63) is 59.9 Å². The third-order valence-electron chi connectivity index (χ3n) is 4.89. The lowest BCUT2D eigenvalue weighted by molar-refractivity contribution is -0.121. The number of fused-ring (bicyclic) bond motifs is 1. The van der Waals surface area contributed by atoms with E-state index in [4.69, 9.17) is 0 Å². The molecule has 0 unspecified atom stereocenters. The number of hydrogen-bond acceptors (Lipinski definition) is 3. The van der Waals surface area contributed by atoms with Gasteiger partial charge in [-0.25, -0.2) is 4.39 Å². The maximum Gasteiger partial charge on any atom is 0.234 e. The van der Waals surface area contributed by atoms with Gasteiger partial charge >= 0.3 is 0 Å². The number of benzene rings is 2. The molecule has 2 N–H and O–H groups in total. The van der Waals surface area contributed by atoms with Crippen LogP contribution in [0, 0.1) is 5.82 Å². The molecule has 5 nitrogen and oxygen atoms in total. The van der Waals surface area contributed by atoms with Crippen LogP contribution in [-0.2, 0) is 4.79 Å². The van der Waals surface area contributed by atoms with Gasteiger partial charge in [0.05, 0.1) is 24.3 Å². The molecule has 1 amide bonds. The molecule has 144 valence electrons. The highest BCUT2D eigenvalue weighted by Crippen LogP contribution is 2.31. The minimum Gasteiger partial charge on any atom is -0.354 e. The summed E-state index contributed by atoms with van der Waals surface area (Å²) in [6.07, 6.45) is 2.06. The Kier molecular flexibility index (Phi) is 4.96. The SMILES string of the molecule is CN(CC(=O)NC1CC1)CC(=O)c1c(-c2ccc(F)cc2)[nH]c2ccccc12. The Hall–Kier alpha value is -2.99. The number of para-hydroxylation sites is 1. The third kappa shape index (κ3) is 3.97. The van der Waals surface area contributed by atoms with Gasteiger partial charge in [-0.1, -0.05) is 18.2 Å². The Morgan fingerprint density at radius 2 is 1.82 bits per heavy atom. The lowest BCUT2D eigenvalue weighted by Crippen LogP contribution is -2.38. The Morgan fingerprint density at radius 1 is 1.11 bits per heavy atom. The molecule has 2 aromatic carbocycles. The first-order chi connectivity index (χ1) is 13.5. The summed E-state index contributed by atoms with van der Waals surface area (Å²) >= 11 is 0. The van der Waals surface area contributed by atoms with Crippen molar-refractivity contribution >= 4 is 22.6 Å². The number of H-pyrrole nitrogens is 1. The van der Waals surface area contributed by atoms with Gasteiger partial charge in [-0.05, 0) is 55.8 Å². The maximum atomic E-state index is 13.3. The van der Waals surface area contributed by atoms with E-state index in [9.17, 15) is 14.0 Å². The molecule has 1 aliphatic rings. The lowest BCUT2D eigenvalue weighted by atomic mass is 10.0. The summed E-state index contributed by atoms with van der Waals surface area (Å²) in [7, 11) is 1.76. The van der Waals surface area contributed by atoms with Crippen LogP contribution in [0.25, 0.3) is 22.2 Å². The van der Waals surface area contributed by atoms with E-state index in [1.165, 1.54) is 12.1 Å². The van der Waals surface area contributed by atoms with Crippen molar-refractivity contribution in [2.45, 2.75) is 18.9 Å². The van der Waals surface area contributed by atoms with E-state index in [0.717, 1.165) is 29.3 Å². The number of rotatable bonds is 7. The van der Waals surface area contributed by atoms with Gasteiger partial charge in [0, 0.05) is 16.9 Å². The quantitative estimate of drug-likeness (QED) is 0.619. The van der Waals surface area contributed by atoms with Crippen LogP contribution in [0.5, 0.6) is 0 Å². The molecule has 1 saturated carbocycles. The van der Waals surface area contributed by atoms with Crippen molar-refractivity contribution in [2.24, 2.45) is 0 Å². The minimum atomic E-state index is -0.325. The zero-order chi connectivity index (χ0) is 19.7. The average molecular weight is 379 g/mol. The molecule has 6 heteroatoms. The Bertz CT molecular complexity index is 1020. The smallest absolute Gasteiger partial charge is 0.234 e. The standard InChI is InChI=1S/C22H22FN3O2/c1-26(13-20(28)24-16-10-11-16)12-19(27)21-17-4-2-3-5-18(17)25-22(21)14-6-8-15(23)9-7-14/h2-9,16,25H,10-13H2,1H3,(H,24,28). The minimum absolute atomic E-state index is 0.0597. The van der Waals surface area contributed by atoms with Crippen LogP contribution < -0.4 is 5.32 Å². The summed E-state index contributed by atoms with van der Waals surface area (Å²) in [5, 5.41) is 3.75. The van der Waals surface area contributed by atoms with Gasteiger partial charge in [0.2, 0.25) is 5.91 Å². The maximum absolute atomic E-state index is 13.3. The number of aromatic amines is 1. The van der Waals surface area contributed by atoms with Crippen molar-refractivity contribution in [2.75, 3.05) is 20.1 Å². The predicted octanol–water partition coefficient (Wildman–Crippen LogP) is 3.37. The molecule has 1 aromatic heterocycles. The Balaban J connectivity index is 1.60. The molecule has 0 bridgehead atoms. The molecular formula is C22H22FN3O2. The van der Waals surface area contributed by atoms with E-state index in [1.807, 2.05) is 24.3 Å². The van der Waals surface area contributed by atoms with E-state index in [0.29, 0.717) is 17.3 Å². The molecule has 0 atom stereocenters. The van der Waals surface area contributed by atoms with Crippen LogP contribution in [0.2, 0.25) is 0 Å². The van der Waals surface area contributed by atoms with Crippen LogP contribution in [-0.4, -0.2) is 47.8 Å². The van der Waals surface area contributed by atoms with Crippen LogP contribution in [0.3, 0.4) is 0 Å². The lowest BCUT2D eigenvalue weighted by Gasteiger charge is -2.16. The van der Waals surface area contributed by atoms with Gasteiger partial charge < -0.3 is 10.3 Å². The van der Waals surface area contributed by atoms with Gasteiger partial charge in [0.1, 0.15) is 5.82 Å². The third-order valence-corrected chi connectivity index (χ3v) is 4.89. The van der Waals surface area contributed by atoms with Crippen LogP contribution >= 0.6 is 0 Å². The number of ketones is 1. The molecule has 0 aliphatic heterocycles. The molecular weight excluding hydrogens is 357 g/mol. The van der Waals surface area contributed by atoms with Gasteiger partial charge in [-0.2, -0.15) is 0 Å². The molecule has 0 radical (unpaired) electrons. The fourth-order valence-corrected chi connectivity index (χ4v) is 3.39. The van der Waals surface area contributed by atoms with Gasteiger partial charge in [-0.15, -0.1) is 0 Å². The number of nitrogens with one attached hydrogen (secondary N) is 2. The largest absolute Gasteiger partial charge is 0.354 e. The molecule has 1 heterocycles. The van der Waals surface area contributed by atoms with Crippen LogP contribution in [0.1, 0.15) is 23.2 Å². The highest BCUT2D eigenvalue weighted by atomic mass is 19.1. The molecule has 28 heavy (non-hydrogen) atoms. The van der Waals surface area contributed by atoms with Crippen molar-refractivity contribution in [3.63, 3.8) is 0 Å². The zero-order valence-electron chi connectivity index (χ0n) is 15.7. The Labute approximate surface area is 162 Å². The van der Waals surface area contributed by atoms with Gasteiger partial charge in [-0.3, -0.25) is 14.5 Å². The molecule has 0 spiro atoms. The molecule has 0 saturated heterocycles. The second-order valence-electron chi connectivity index (χ2n) is 7.36. The fraction of sp³-hybridized carbons (Fsp3) is 0.273. The fourth-order valence-electron chi connectivity index (χ4n) is 3.39. The summed E-state index contributed by atoms with van der Waals surface area (Å²) < 4.78 is 13.3. The number of carbonyl (C=O) groups is 2. The average Bonchev–Trinajstić information content (AvgIpc) is 3.38. The van der Waals surface area contributed by atoms with Gasteiger partial charge in [0.15, 0.2) is 5.78 Å². The number of likely N-dealkylation sites (N-methyl/N-ethyl adjacent to an activating group) is 1. The number of nitrogens with zero attached hydrogens (tertiary/aromatic N) is 1. The number of amides is 1. The highest BCUT2D eigenvalue weighted by Gasteiger charge is 2.25. The molecule has 3 aromatic rings. The second-order valence-corrected chi connectivity index (χ2v) is 7.36. The van der Waals surface area contributed by atoms with Crippen molar-refractivity contribution < 1.29 is 14.0 Å². The number of halogens is 1. The van der Waals surface area contributed by atoms with E-state index >= 15 is 0 Å². The normalized spacial score (nSPS) is 13.8. The summed E-state index contributed by atoms with van der Waals surface area (Å²) in [6, 6.07) is 14.0. The number of aromatic nitrogens is 1.